The number of ether oxygens (including phenoxy) is 2. The number of benzene rings is 1. The first-order chi connectivity index (χ1) is 17.8. The van der Waals surface area contributed by atoms with Crippen molar-refractivity contribution < 1.29 is 33.7 Å². The van der Waals surface area contributed by atoms with Crippen LogP contribution in [0.5, 0.6) is 11.5 Å². The number of rotatable bonds is 10. The van der Waals surface area contributed by atoms with Crippen LogP contribution in [0.2, 0.25) is 0 Å². The maximum Gasteiger partial charge on any atom is 0.251 e. The van der Waals surface area contributed by atoms with Gasteiger partial charge in [0.1, 0.15) is 18.1 Å². The van der Waals surface area contributed by atoms with Crippen LogP contribution < -0.4 is 14.8 Å². The zero-order chi connectivity index (χ0) is 26.6. The number of Topliss-reactive ketones (excluding diaryl/α,β-unsaturated/α-hetero) is 1. The number of allylic oxidation sites excluding steroid dienone is 4. The largest absolute Gasteiger partial charge is 0.493 e. The SMILES string of the molecule is COc1cc(C(=O)NCC(=O)c2cc(CO)cc(C3=CSC4(C)C(F)=CC=CC34)n2)ccc1OCCO. The van der Waals surface area contributed by atoms with E-state index in [0.717, 1.165) is 5.57 Å². The number of nitrogens with one attached hydrogen (secondary N) is 1. The van der Waals surface area contributed by atoms with E-state index in [4.69, 9.17) is 14.6 Å². The average molecular weight is 527 g/mol. The number of nitrogens with zero attached hydrogens (tertiary/aromatic N) is 1. The second kappa shape index (κ2) is 11.3. The number of hydrogen-bond acceptors (Lipinski definition) is 8. The highest BCUT2D eigenvalue weighted by Crippen LogP contribution is 2.54. The lowest BCUT2D eigenvalue weighted by atomic mass is 9.81. The molecule has 37 heavy (non-hydrogen) atoms. The van der Waals surface area contributed by atoms with Gasteiger partial charge in [0.25, 0.3) is 5.91 Å². The van der Waals surface area contributed by atoms with Crippen molar-refractivity contribution in [2.75, 3.05) is 26.9 Å². The van der Waals surface area contributed by atoms with Crippen molar-refractivity contribution in [1.82, 2.24) is 10.3 Å². The van der Waals surface area contributed by atoms with Gasteiger partial charge in [0, 0.05) is 11.5 Å². The summed E-state index contributed by atoms with van der Waals surface area (Å²) >= 11 is 1.35. The highest BCUT2D eigenvalue weighted by atomic mass is 32.2. The van der Waals surface area contributed by atoms with Gasteiger partial charge in [0.15, 0.2) is 17.3 Å². The molecule has 1 aliphatic carbocycles. The molecule has 0 fully saturated rings. The standard InChI is InChI=1S/C27H27FN2O6S/c1-27-19(4-3-5-25(27)28)18(15-37-27)20-10-16(14-32)11-21(30-20)22(33)13-29-26(34)17-6-7-23(36-9-8-31)24(12-17)35-2/h3-7,10-12,15,19,31-32H,8-9,13-14H2,1-2H3,(H,29,34). The molecule has 194 valence electrons. The molecule has 1 aliphatic heterocycles. The summed E-state index contributed by atoms with van der Waals surface area (Å²) in [6.45, 7) is 1.10. The molecule has 3 N–H and O–H groups in total. The van der Waals surface area contributed by atoms with Gasteiger partial charge < -0.3 is 25.0 Å². The van der Waals surface area contributed by atoms with E-state index in [0.29, 0.717) is 22.8 Å². The highest BCUT2D eigenvalue weighted by molar-refractivity contribution is 8.04. The summed E-state index contributed by atoms with van der Waals surface area (Å²) in [5.41, 5.74) is 2.06. The second-order valence-electron chi connectivity index (χ2n) is 8.62. The van der Waals surface area contributed by atoms with Crippen LogP contribution >= 0.6 is 11.8 Å². The van der Waals surface area contributed by atoms with Gasteiger partial charge >= 0.3 is 0 Å². The van der Waals surface area contributed by atoms with E-state index in [1.54, 1.807) is 18.2 Å². The topological polar surface area (TPSA) is 118 Å². The first kappa shape index (κ1) is 26.6. The van der Waals surface area contributed by atoms with Crippen molar-refractivity contribution in [3.05, 3.63) is 82.3 Å². The van der Waals surface area contributed by atoms with Crippen molar-refractivity contribution in [3.63, 3.8) is 0 Å². The number of halogens is 1. The highest BCUT2D eigenvalue weighted by Gasteiger charge is 2.45. The lowest BCUT2D eigenvalue weighted by Gasteiger charge is -2.31. The molecule has 0 radical (unpaired) electrons. The Bertz CT molecular complexity index is 1310. The third-order valence-corrected chi connectivity index (χ3v) is 7.52. The normalized spacial score (nSPS) is 20.1. The van der Waals surface area contributed by atoms with Gasteiger partial charge in [0.05, 0.1) is 37.3 Å². The Kier molecular flexibility index (Phi) is 8.11. The van der Waals surface area contributed by atoms with E-state index >= 15 is 0 Å². The molecule has 1 aromatic heterocycles. The fourth-order valence-electron chi connectivity index (χ4n) is 4.16. The van der Waals surface area contributed by atoms with Gasteiger partial charge in [-0.1, -0.05) is 12.2 Å². The van der Waals surface area contributed by atoms with Gasteiger partial charge in [-0.2, -0.15) is 0 Å². The Hall–Kier alpha value is -3.47. The van der Waals surface area contributed by atoms with Crippen LogP contribution in [0.25, 0.3) is 5.57 Å². The number of pyridine rings is 1. The molecule has 0 spiro atoms. The van der Waals surface area contributed by atoms with Crippen LogP contribution in [-0.2, 0) is 6.61 Å². The van der Waals surface area contributed by atoms with E-state index in [1.165, 1.54) is 43.1 Å². The number of fused-ring (bicyclic) bond motifs is 1. The van der Waals surface area contributed by atoms with Gasteiger partial charge in [-0.25, -0.2) is 9.37 Å². The number of thioether (sulfide) groups is 1. The minimum atomic E-state index is -0.779. The zero-order valence-electron chi connectivity index (χ0n) is 20.4. The Labute approximate surface area is 217 Å². The van der Waals surface area contributed by atoms with Crippen molar-refractivity contribution in [2.24, 2.45) is 5.92 Å². The number of aromatic nitrogens is 1. The van der Waals surface area contributed by atoms with Gasteiger partial charge in [-0.3, -0.25) is 9.59 Å². The molecule has 2 aliphatic rings. The molecule has 2 heterocycles. The van der Waals surface area contributed by atoms with Gasteiger partial charge in [0.2, 0.25) is 0 Å². The van der Waals surface area contributed by atoms with Crippen LogP contribution in [0.15, 0.2) is 59.8 Å². The first-order valence-electron chi connectivity index (χ1n) is 11.6. The summed E-state index contributed by atoms with van der Waals surface area (Å²) in [7, 11) is 1.43. The number of hydrogen-bond donors (Lipinski definition) is 3. The third-order valence-electron chi connectivity index (χ3n) is 6.21. The maximum absolute atomic E-state index is 14.6. The lowest BCUT2D eigenvalue weighted by Crippen LogP contribution is -2.31. The Morgan fingerprint density at radius 1 is 1.22 bits per heavy atom. The summed E-state index contributed by atoms with van der Waals surface area (Å²) in [6, 6.07) is 7.70. The molecule has 0 saturated carbocycles. The predicted octanol–water partition coefficient (Wildman–Crippen LogP) is 3.45. The summed E-state index contributed by atoms with van der Waals surface area (Å²) < 4.78 is 24.4. The second-order valence-corrected chi connectivity index (χ2v) is 9.94. The summed E-state index contributed by atoms with van der Waals surface area (Å²) in [6.07, 6.45) is 5.01. The number of amides is 1. The van der Waals surface area contributed by atoms with Crippen LogP contribution in [0.1, 0.15) is 39.0 Å². The number of methoxy groups -OCH3 is 1. The van der Waals surface area contributed by atoms with E-state index < -0.39 is 16.4 Å². The number of aliphatic hydroxyl groups is 2. The fraction of sp³-hybridized carbons (Fsp3) is 0.296. The molecular formula is C27H27FN2O6S. The number of ketones is 1. The molecule has 4 rings (SSSR count). The lowest BCUT2D eigenvalue weighted by molar-refractivity contribution is 0.0901. The van der Waals surface area contributed by atoms with Crippen LogP contribution in [0.4, 0.5) is 4.39 Å². The van der Waals surface area contributed by atoms with E-state index in [-0.39, 0.29) is 49.4 Å². The molecule has 1 aromatic carbocycles. The monoisotopic (exact) mass is 526 g/mol. The predicted molar refractivity (Wildman–Crippen MR) is 138 cm³/mol. The van der Waals surface area contributed by atoms with Crippen LogP contribution in [-0.4, -0.2) is 58.5 Å². The Morgan fingerprint density at radius 2 is 2.03 bits per heavy atom. The Balaban J connectivity index is 1.49. The molecule has 1 amide bonds. The molecule has 2 aromatic rings. The molecular weight excluding hydrogens is 499 g/mol. The number of aliphatic hydroxyl groups excluding tert-OH is 2. The van der Waals surface area contributed by atoms with Crippen molar-refractivity contribution in [1.29, 1.82) is 0 Å². The smallest absolute Gasteiger partial charge is 0.251 e. The summed E-state index contributed by atoms with van der Waals surface area (Å²) in [5, 5.41) is 23.1. The van der Waals surface area contributed by atoms with Crippen LogP contribution in [0.3, 0.4) is 0 Å². The molecule has 8 nitrogen and oxygen atoms in total. The third kappa shape index (κ3) is 5.46. The molecule has 0 bridgehead atoms. The van der Waals surface area contributed by atoms with E-state index in [9.17, 15) is 19.1 Å². The van der Waals surface area contributed by atoms with Gasteiger partial charge in [-0.15, -0.1) is 11.8 Å². The number of carbonyl (C=O) groups excluding carboxylic acids is 2. The van der Waals surface area contributed by atoms with Crippen LogP contribution in [0, 0.1) is 5.92 Å². The maximum atomic E-state index is 14.6. The number of carbonyl (C=O) groups is 2. The first-order valence-corrected chi connectivity index (χ1v) is 12.5. The van der Waals surface area contributed by atoms with Crippen molar-refractivity contribution in [3.8, 4) is 11.5 Å². The molecule has 0 saturated heterocycles. The molecule has 10 heteroatoms. The fourth-order valence-corrected chi connectivity index (χ4v) is 5.34. The van der Waals surface area contributed by atoms with Gasteiger partial charge in [-0.05, 0) is 59.9 Å². The molecule has 2 unspecified atom stereocenters. The summed E-state index contributed by atoms with van der Waals surface area (Å²) in [4.78, 5) is 30.2. The van der Waals surface area contributed by atoms with E-state index in [2.05, 4.69) is 10.3 Å². The zero-order valence-corrected chi connectivity index (χ0v) is 21.2. The van der Waals surface area contributed by atoms with Crippen molar-refractivity contribution >= 4 is 29.0 Å². The van der Waals surface area contributed by atoms with E-state index in [1.807, 2.05) is 18.4 Å². The summed E-state index contributed by atoms with van der Waals surface area (Å²) in [5.74, 6) is -0.769. The quantitative estimate of drug-likeness (QED) is 0.403. The van der Waals surface area contributed by atoms with Crippen molar-refractivity contribution in [2.45, 2.75) is 18.3 Å². The molecule has 2 atom stereocenters. The average Bonchev–Trinajstić information content (AvgIpc) is 3.28. The Morgan fingerprint density at radius 3 is 2.76 bits per heavy atom. The minimum Gasteiger partial charge on any atom is -0.493 e. The minimum absolute atomic E-state index is 0.0792.